The van der Waals surface area contributed by atoms with Crippen LogP contribution in [0.25, 0.3) is 0 Å². The van der Waals surface area contributed by atoms with E-state index >= 15 is 0 Å². The summed E-state index contributed by atoms with van der Waals surface area (Å²) in [5.74, 6) is 0. The number of hydrogen-bond donors (Lipinski definition) is 1. The minimum Gasteiger partial charge on any atom is -0.246 e. The number of halogens is 3. The van der Waals surface area contributed by atoms with E-state index < -0.39 is 23.4 Å². The highest BCUT2D eigenvalue weighted by molar-refractivity contribution is 9.10. The molecule has 2 N–H and O–H groups in total. The van der Waals surface area contributed by atoms with Crippen LogP contribution in [0, 0.1) is 0 Å². The van der Waals surface area contributed by atoms with Gasteiger partial charge in [-0.25, -0.2) is 22.3 Å². The molecular weight excluding hydrogens is 292 g/mol. The first kappa shape index (κ1) is 12.5. The molecule has 7 heteroatoms. The molecule has 0 saturated carbocycles. The monoisotopic (exact) mass is 299 g/mol. The summed E-state index contributed by atoms with van der Waals surface area (Å²) in [6, 6.07) is 2.25. The Bertz CT molecular complexity index is 476. The van der Waals surface area contributed by atoms with Crippen LogP contribution in [0.4, 0.5) is 8.78 Å². The van der Waals surface area contributed by atoms with Crippen molar-refractivity contribution < 1.29 is 17.2 Å². The molecule has 0 atom stereocenters. The van der Waals surface area contributed by atoms with E-state index in [1.54, 1.807) is 0 Å². The molecule has 3 nitrogen and oxygen atoms in total. The minimum absolute atomic E-state index is 0.0819. The molecule has 0 amide bonds. The molecule has 0 saturated heterocycles. The zero-order valence-electron chi connectivity index (χ0n) is 7.50. The van der Waals surface area contributed by atoms with E-state index in [1.807, 2.05) is 0 Å². The van der Waals surface area contributed by atoms with Crippen LogP contribution >= 0.6 is 15.9 Å². The normalized spacial score (nSPS) is 11.7. The van der Waals surface area contributed by atoms with Crippen molar-refractivity contribution in [2.45, 2.75) is 18.2 Å². The molecule has 0 aliphatic carbocycles. The molecule has 0 fully saturated rings. The van der Waals surface area contributed by atoms with Crippen LogP contribution in [0.15, 0.2) is 21.5 Å². The maximum absolute atomic E-state index is 12.5. The first-order valence-corrected chi connectivity index (χ1v) is 6.20. The summed E-state index contributed by atoms with van der Waals surface area (Å²) in [7, 11) is -4.02. The molecule has 1 aromatic carbocycles. The first-order chi connectivity index (χ1) is 6.90. The van der Waals surface area contributed by atoms with Crippen molar-refractivity contribution >= 4 is 26.0 Å². The number of rotatable bonds is 3. The fourth-order valence-electron chi connectivity index (χ4n) is 1.11. The minimum atomic E-state index is -4.02. The van der Waals surface area contributed by atoms with Gasteiger partial charge in [-0.05, 0) is 17.7 Å². The van der Waals surface area contributed by atoms with E-state index in [-0.39, 0.29) is 16.0 Å². The zero-order valence-corrected chi connectivity index (χ0v) is 9.91. The SMILES string of the molecule is NS(=O)(=O)c1cc(CF)c(Br)cc1CF. The van der Waals surface area contributed by atoms with Gasteiger partial charge in [0.05, 0.1) is 4.90 Å². The summed E-state index contributed by atoms with van der Waals surface area (Å²) in [4.78, 5) is -0.374. The molecule has 0 radical (unpaired) electrons. The van der Waals surface area contributed by atoms with Gasteiger partial charge < -0.3 is 0 Å². The lowest BCUT2D eigenvalue weighted by Crippen LogP contribution is -2.14. The fourth-order valence-corrected chi connectivity index (χ4v) is 2.39. The van der Waals surface area contributed by atoms with Gasteiger partial charge in [0.15, 0.2) is 0 Å². The van der Waals surface area contributed by atoms with Gasteiger partial charge in [-0.2, -0.15) is 0 Å². The van der Waals surface area contributed by atoms with Crippen molar-refractivity contribution in [1.29, 1.82) is 0 Å². The molecule has 84 valence electrons. The summed E-state index contributed by atoms with van der Waals surface area (Å²) in [6.07, 6.45) is 0. The van der Waals surface area contributed by atoms with Crippen molar-refractivity contribution in [1.82, 2.24) is 0 Å². The second-order valence-corrected chi connectivity index (χ2v) is 5.25. The molecule has 0 heterocycles. The number of benzene rings is 1. The van der Waals surface area contributed by atoms with E-state index in [4.69, 9.17) is 5.14 Å². The molecule has 0 unspecified atom stereocenters. The topological polar surface area (TPSA) is 60.2 Å². The van der Waals surface area contributed by atoms with E-state index in [9.17, 15) is 17.2 Å². The van der Waals surface area contributed by atoms with Crippen LogP contribution in [-0.4, -0.2) is 8.42 Å². The lowest BCUT2D eigenvalue weighted by atomic mass is 10.1. The van der Waals surface area contributed by atoms with Gasteiger partial charge in [0.2, 0.25) is 10.0 Å². The molecule has 0 aromatic heterocycles. The second-order valence-electron chi connectivity index (χ2n) is 2.86. The zero-order chi connectivity index (χ0) is 11.6. The maximum atomic E-state index is 12.5. The van der Waals surface area contributed by atoms with Gasteiger partial charge in [0.1, 0.15) is 13.3 Å². The summed E-state index contributed by atoms with van der Waals surface area (Å²) in [6.45, 7) is -1.83. The van der Waals surface area contributed by atoms with Gasteiger partial charge in [-0.3, -0.25) is 0 Å². The van der Waals surface area contributed by atoms with Crippen LogP contribution in [0.5, 0.6) is 0 Å². The summed E-state index contributed by atoms with van der Waals surface area (Å²) in [5, 5.41) is 4.87. The molecule has 0 aliphatic rings. The Morgan fingerprint density at radius 1 is 1.20 bits per heavy atom. The number of nitrogens with two attached hydrogens (primary N) is 1. The Morgan fingerprint density at radius 2 is 1.73 bits per heavy atom. The Labute approximate surface area is 94.5 Å². The Balaban J connectivity index is 3.49. The van der Waals surface area contributed by atoms with Crippen molar-refractivity contribution in [2.24, 2.45) is 5.14 Å². The Kier molecular flexibility index (Phi) is 3.80. The Morgan fingerprint density at radius 3 is 2.13 bits per heavy atom. The third kappa shape index (κ3) is 2.73. The molecule has 0 aliphatic heterocycles. The average molecular weight is 300 g/mol. The van der Waals surface area contributed by atoms with Crippen molar-refractivity contribution in [3.8, 4) is 0 Å². The van der Waals surface area contributed by atoms with Crippen LogP contribution in [-0.2, 0) is 23.4 Å². The summed E-state index contributed by atoms with van der Waals surface area (Å²) >= 11 is 3.01. The highest BCUT2D eigenvalue weighted by Crippen LogP contribution is 2.26. The summed E-state index contributed by atoms with van der Waals surface area (Å²) < 4.78 is 47.4. The van der Waals surface area contributed by atoms with E-state index in [1.165, 1.54) is 6.07 Å². The van der Waals surface area contributed by atoms with Crippen LogP contribution in [0.1, 0.15) is 11.1 Å². The smallest absolute Gasteiger partial charge is 0.238 e. The van der Waals surface area contributed by atoms with Crippen LogP contribution in [0.2, 0.25) is 0 Å². The van der Waals surface area contributed by atoms with Crippen LogP contribution < -0.4 is 5.14 Å². The van der Waals surface area contributed by atoms with Crippen LogP contribution in [0.3, 0.4) is 0 Å². The predicted molar refractivity (Wildman–Crippen MR) is 55.1 cm³/mol. The number of alkyl halides is 2. The lowest BCUT2D eigenvalue weighted by Gasteiger charge is -2.08. The number of sulfonamides is 1. The van der Waals surface area contributed by atoms with Gasteiger partial charge in [0, 0.05) is 10.0 Å². The first-order valence-electron chi connectivity index (χ1n) is 3.86. The standard InChI is InChI=1S/C8H8BrF2NO2S/c9-7-1-6(4-11)8(15(12,13)14)2-5(7)3-10/h1-2H,3-4H2,(H2,12,13,14). The van der Waals surface area contributed by atoms with Crippen molar-refractivity contribution in [3.05, 3.63) is 27.7 Å². The molecule has 1 rings (SSSR count). The Hall–Kier alpha value is -0.530. The highest BCUT2D eigenvalue weighted by Gasteiger charge is 2.16. The number of primary sulfonamides is 1. The molecule has 0 spiro atoms. The summed E-state index contributed by atoms with van der Waals surface area (Å²) in [5.41, 5.74) is 0.0396. The third-order valence-corrected chi connectivity index (χ3v) is 3.56. The van der Waals surface area contributed by atoms with Crippen molar-refractivity contribution in [2.75, 3.05) is 0 Å². The van der Waals surface area contributed by atoms with Crippen molar-refractivity contribution in [3.63, 3.8) is 0 Å². The van der Waals surface area contributed by atoms with Gasteiger partial charge in [-0.15, -0.1) is 0 Å². The molecule has 1 aromatic rings. The molecule has 0 bridgehead atoms. The maximum Gasteiger partial charge on any atom is 0.238 e. The number of hydrogen-bond acceptors (Lipinski definition) is 2. The van der Waals surface area contributed by atoms with Gasteiger partial charge in [-0.1, -0.05) is 15.9 Å². The predicted octanol–water partition coefficient (Wildman–Crippen LogP) is 2.04. The third-order valence-electron chi connectivity index (χ3n) is 1.82. The quantitative estimate of drug-likeness (QED) is 0.928. The fraction of sp³-hybridized carbons (Fsp3) is 0.250. The van der Waals surface area contributed by atoms with Gasteiger partial charge in [0.25, 0.3) is 0 Å². The molecule has 15 heavy (non-hydrogen) atoms. The molecular formula is C8H8BrF2NO2S. The van der Waals surface area contributed by atoms with E-state index in [0.717, 1.165) is 6.07 Å². The highest BCUT2D eigenvalue weighted by atomic mass is 79.9. The van der Waals surface area contributed by atoms with E-state index in [0.29, 0.717) is 4.47 Å². The largest absolute Gasteiger partial charge is 0.246 e. The second kappa shape index (κ2) is 4.54. The van der Waals surface area contributed by atoms with E-state index in [2.05, 4.69) is 15.9 Å². The lowest BCUT2D eigenvalue weighted by molar-refractivity contribution is 0.471. The average Bonchev–Trinajstić information content (AvgIpc) is 2.15. The van der Waals surface area contributed by atoms with Gasteiger partial charge >= 0.3 is 0 Å².